The average Bonchev–Trinajstić information content (AvgIpc) is 2.24. The molecule has 6 N–H and O–H groups in total. The molecule has 0 fully saturated rings. The summed E-state index contributed by atoms with van der Waals surface area (Å²) in [6, 6.07) is 1.70. The summed E-state index contributed by atoms with van der Waals surface area (Å²) in [5.74, 6) is 0.131. The maximum absolute atomic E-state index is 11.1. The van der Waals surface area contributed by atoms with Crippen molar-refractivity contribution in [1.82, 2.24) is 9.97 Å². The van der Waals surface area contributed by atoms with Crippen molar-refractivity contribution in [2.45, 2.75) is 25.4 Å². The van der Waals surface area contributed by atoms with Crippen LogP contribution in [0.5, 0.6) is 0 Å². The third kappa shape index (κ3) is 5.35. The maximum Gasteiger partial charge on any atom is 1.00 e. The molecule has 0 amide bonds. The molecule has 0 radical (unpaired) electrons. The standard InChI is InChI=1S/C9H17N3O7P2.Na/c1-6-5-7(2)12-8(11-6)10-4-3-9(13,20(14,15)16)21(17,18)19;/h5,13H,3-4H2,1-2H3,(H,10,11,12)(H2,14,15,16)(H2,17,18,19);/q;+1. The number of aryl methyl sites for hydroxylation is 2. The Labute approximate surface area is 149 Å². The van der Waals surface area contributed by atoms with Gasteiger partial charge in [0.1, 0.15) is 0 Å². The van der Waals surface area contributed by atoms with Crippen LogP contribution >= 0.6 is 15.2 Å². The van der Waals surface area contributed by atoms with E-state index in [0.717, 1.165) is 0 Å². The van der Waals surface area contributed by atoms with Gasteiger partial charge >= 0.3 is 44.7 Å². The summed E-state index contributed by atoms with van der Waals surface area (Å²) in [6.45, 7) is 3.08. The summed E-state index contributed by atoms with van der Waals surface area (Å²) in [6.07, 6.45) is -0.877. The van der Waals surface area contributed by atoms with Gasteiger partial charge in [-0.15, -0.1) is 0 Å². The molecule has 0 aliphatic carbocycles. The van der Waals surface area contributed by atoms with E-state index in [1.165, 1.54) is 0 Å². The molecule has 0 aliphatic heterocycles. The summed E-state index contributed by atoms with van der Waals surface area (Å²) < 4.78 is 22.3. The van der Waals surface area contributed by atoms with Gasteiger partial charge in [-0.25, -0.2) is 9.97 Å². The van der Waals surface area contributed by atoms with E-state index in [0.29, 0.717) is 11.4 Å². The quantitative estimate of drug-likeness (QED) is 0.224. The minimum absolute atomic E-state index is 0. The molecule has 0 aromatic carbocycles. The van der Waals surface area contributed by atoms with E-state index >= 15 is 0 Å². The molecular weight excluding hydrogens is 347 g/mol. The fourth-order valence-electron chi connectivity index (χ4n) is 1.61. The summed E-state index contributed by atoms with van der Waals surface area (Å²) >= 11 is 0. The molecule has 0 spiro atoms. The van der Waals surface area contributed by atoms with Gasteiger partial charge in [0.15, 0.2) is 0 Å². The number of aromatic nitrogens is 2. The topological polar surface area (TPSA) is 173 Å². The molecule has 120 valence electrons. The van der Waals surface area contributed by atoms with Crippen molar-refractivity contribution in [3.8, 4) is 0 Å². The third-order valence-electron chi connectivity index (χ3n) is 2.66. The van der Waals surface area contributed by atoms with E-state index in [4.69, 9.17) is 19.6 Å². The normalized spacial score (nSPS) is 12.7. The van der Waals surface area contributed by atoms with Crippen molar-refractivity contribution >= 4 is 21.1 Å². The van der Waals surface area contributed by atoms with Crippen LogP contribution in [0.4, 0.5) is 5.95 Å². The number of nitrogens with one attached hydrogen (secondary N) is 1. The van der Waals surface area contributed by atoms with Crippen LogP contribution in [0.3, 0.4) is 0 Å². The Balaban J connectivity index is 0.00000441. The predicted octanol–water partition coefficient (Wildman–Crippen LogP) is -3.10. The van der Waals surface area contributed by atoms with Crippen molar-refractivity contribution in [2.24, 2.45) is 0 Å². The minimum Gasteiger partial charge on any atom is -0.367 e. The first-order valence-electron chi connectivity index (χ1n) is 5.76. The van der Waals surface area contributed by atoms with Gasteiger partial charge in [0, 0.05) is 24.4 Å². The Morgan fingerprint density at radius 2 is 1.50 bits per heavy atom. The molecule has 1 rings (SSSR count). The summed E-state index contributed by atoms with van der Waals surface area (Å²) in [5.41, 5.74) is 1.29. The van der Waals surface area contributed by atoms with Gasteiger partial charge in [-0.1, -0.05) is 0 Å². The predicted molar refractivity (Wildman–Crippen MR) is 73.7 cm³/mol. The van der Waals surface area contributed by atoms with E-state index in [2.05, 4.69) is 15.3 Å². The van der Waals surface area contributed by atoms with Gasteiger partial charge < -0.3 is 30.0 Å². The number of aliphatic hydroxyl groups is 1. The smallest absolute Gasteiger partial charge is 0.367 e. The fourth-order valence-corrected chi connectivity index (χ4v) is 3.77. The molecule has 10 nitrogen and oxygen atoms in total. The number of hydrogen-bond acceptors (Lipinski definition) is 6. The molecule has 1 aromatic rings. The fraction of sp³-hybridized carbons (Fsp3) is 0.556. The number of anilines is 1. The molecule has 0 atom stereocenters. The van der Waals surface area contributed by atoms with Crippen LogP contribution < -0.4 is 34.9 Å². The second kappa shape index (κ2) is 7.81. The van der Waals surface area contributed by atoms with Gasteiger partial charge in [-0.3, -0.25) is 9.13 Å². The molecule has 22 heavy (non-hydrogen) atoms. The van der Waals surface area contributed by atoms with Crippen molar-refractivity contribution in [1.29, 1.82) is 0 Å². The number of hydrogen-bond donors (Lipinski definition) is 6. The number of nitrogens with zero attached hydrogens (tertiary/aromatic N) is 2. The molecule has 0 bridgehead atoms. The summed E-state index contributed by atoms with van der Waals surface area (Å²) in [4.78, 5) is 43.8. The largest absolute Gasteiger partial charge is 1.00 e. The van der Waals surface area contributed by atoms with E-state index in [9.17, 15) is 14.2 Å². The van der Waals surface area contributed by atoms with Crippen LogP contribution in [-0.2, 0) is 9.13 Å². The van der Waals surface area contributed by atoms with E-state index in [1.54, 1.807) is 19.9 Å². The monoisotopic (exact) mass is 364 g/mol. The molecule has 0 saturated carbocycles. The molecule has 1 heterocycles. The Hall–Kier alpha value is 0.140. The first kappa shape index (κ1) is 22.1. The minimum atomic E-state index is -5.44. The van der Waals surface area contributed by atoms with E-state index in [1.807, 2.05) is 0 Å². The second-order valence-corrected chi connectivity index (χ2v) is 8.52. The molecule has 0 unspecified atom stereocenters. The zero-order chi connectivity index (χ0) is 16.5. The van der Waals surface area contributed by atoms with Crippen LogP contribution in [-0.4, -0.2) is 46.3 Å². The van der Waals surface area contributed by atoms with Gasteiger partial charge in [-0.05, 0) is 19.9 Å². The Morgan fingerprint density at radius 1 is 1.09 bits per heavy atom. The van der Waals surface area contributed by atoms with Crippen molar-refractivity contribution in [3.05, 3.63) is 17.5 Å². The third-order valence-corrected chi connectivity index (χ3v) is 6.54. The van der Waals surface area contributed by atoms with Crippen LogP contribution in [0, 0.1) is 13.8 Å². The van der Waals surface area contributed by atoms with E-state index in [-0.39, 0.29) is 42.1 Å². The van der Waals surface area contributed by atoms with Gasteiger partial charge in [0.05, 0.1) is 0 Å². The van der Waals surface area contributed by atoms with Crippen molar-refractivity contribution < 1.29 is 63.4 Å². The zero-order valence-corrected chi connectivity index (χ0v) is 16.1. The van der Waals surface area contributed by atoms with Crippen LogP contribution in [0.2, 0.25) is 0 Å². The van der Waals surface area contributed by atoms with E-state index < -0.39 is 26.7 Å². The molecule has 0 aliphatic rings. The second-order valence-electron chi connectivity index (χ2n) is 4.51. The van der Waals surface area contributed by atoms with Crippen LogP contribution in [0.25, 0.3) is 0 Å². The Bertz CT molecular complexity index is 575. The summed E-state index contributed by atoms with van der Waals surface area (Å²) in [7, 11) is -10.9. The first-order valence-corrected chi connectivity index (χ1v) is 8.99. The van der Waals surface area contributed by atoms with Crippen molar-refractivity contribution in [3.63, 3.8) is 0 Å². The molecular formula is C9H17N3NaO7P2+. The molecule has 1 aromatic heterocycles. The maximum atomic E-state index is 11.1. The van der Waals surface area contributed by atoms with Gasteiger partial charge in [0.25, 0.3) is 5.08 Å². The molecule has 0 saturated heterocycles. The summed E-state index contributed by atoms with van der Waals surface area (Å²) in [5, 5.41) is 8.78. The van der Waals surface area contributed by atoms with Crippen LogP contribution in [0.1, 0.15) is 17.8 Å². The first-order chi connectivity index (χ1) is 9.37. The Morgan fingerprint density at radius 3 is 1.86 bits per heavy atom. The average molecular weight is 364 g/mol. The molecule has 13 heteroatoms. The van der Waals surface area contributed by atoms with Gasteiger partial charge in [-0.2, -0.15) is 0 Å². The zero-order valence-electron chi connectivity index (χ0n) is 12.3. The SMILES string of the molecule is Cc1cc(C)nc(NCCC(O)(P(=O)(O)O)P(=O)(O)O)n1.[Na+]. The van der Waals surface area contributed by atoms with Crippen molar-refractivity contribution in [2.75, 3.05) is 11.9 Å². The Kier molecular flexibility index (Phi) is 7.86. The van der Waals surface area contributed by atoms with Crippen LogP contribution in [0.15, 0.2) is 6.07 Å². The van der Waals surface area contributed by atoms with Gasteiger partial charge in [0.2, 0.25) is 5.95 Å². The number of rotatable bonds is 6.